The van der Waals surface area contributed by atoms with Crippen molar-refractivity contribution in [1.29, 1.82) is 0 Å². The maximum atomic E-state index is 9.32. The molecule has 22 heavy (non-hydrogen) atoms. The molecule has 0 aromatic heterocycles. The number of aliphatic hydroxyl groups excluding tert-OH is 1. The van der Waals surface area contributed by atoms with Gasteiger partial charge in [0.2, 0.25) is 0 Å². The van der Waals surface area contributed by atoms with E-state index in [9.17, 15) is 5.11 Å². The van der Waals surface area contributed by atoms with Crippen molar-refractivity contribution < 1.29 is 9.84 Å². The van der Waals surface area contributed by atoms with Crippen molar-refractivity contribution in [3.05, 3.63) is 64.2 Å². The number of aryl methyl sites for hydroxylation is 1. The van der Waals surface area contributed by atoms with Crippen LogP contribution < -0.4 is 10.1 Å². The smallest absolute Gasteiger partial charge is 0.124 e. The van der Waals surface area contributed by atoms with Gasteiger partial charge in [0, 0.05) is 23.7 Å². The Morgan fingerprint density at radius 1 is 1.18 bits per heavy atom. The van der Waals surface area contributed by atoms with Crippen molar-refractivity contribution in [1.82, 2.24) is 5.32 Å². The molecule has 0 heterocycles. The van der Waals surface area contributed by atoms with Crippen LogP contribution in [0.4, 0.5) is 0 Å². The summed E-state index contributed by atoms with van der Waals surface area (Å²) in [4.78, 5) is 0. The zero-order valence-electron chi connectivity index (χ0n) is 13.0. The summed E-state index contributed by atoms with van der Waals surface area (Å²) < 4.78 is 5.96. The molecule has 2 N–H and O–H groups in total. The van der Waals surface area contributed by atoms with Gasteiger partial charge in [0.1, 0.15) is 12.4 Å². The Labute approximate surface area is 136 Å². The lowest BCUT2D eigenvalue weighted by atomic mass is 10.1. The molecule has 0 saturated carbocycles. The Kier molecular flexibility index (Phi) is 6.25. The molecule has 0 radical (unpaired) electrons. The second-order valence-electron chi connectivity index (χ2n) is 5.45. The third-order valence-electron chi connectivity index (χ3n) is 3.42. The van der Waals surface area contributed by atoms with E-state index in [-0.39, 0.29) is 6.10 Å². The molecule has 1 atom stereocenters. The number of benzene rings is 2. The summed E-state index contributed by atoms with van der Waals surface area (Å²) in [5.74, 6) is 0.811. The maximum Gasteiger partial charge on any atom is 0.124 e. The highest BCUT2D eigenvalue weighted by atomic mass is 35.5. The summed E-state index contributed by atoms with van der Waals surface area (Å²) in [7, 11) is 0. The van der Waals surface area contributed by atoms with Crippen LogP contribution in [-0.2, 0) is 13.2 Å². The lowest BCUT2D eigenvalue weighted by Crippen LogP contribution is -2.24. The van der Waals surface area contributed by atoms with Gasteiger partial charge in [-0.15, -0.1) is 0 Å². The summed E-state index contributed by atoms with van der Waals surface area (Å²) >= 11 is 6.07. The molecular formula is C18H22ClNO2. The van der Waals surface area contributed by atoms with Crippen molar-refractivity contribution >= 4 is 11.6 Å². The molecule has 0 fully saturated rings. The molecule has 0 bridgehead atoms. The number of ether oxygens (including phenoxy) is 1. The predicted octanol–water partition coefficient (Wildman–Crippen LogP) is 3.70. The first-order valence-electron chi connectivity index (χ1n) is 7.41. The van der Waals surface area contributed by atoms with Gasteiger partial charge in [0.05, 0.1) is 6.10 Å². The Balaban J connectivity index is 2.05. The van der Waals surface area contributed by atoms with Crippen LogP contribution in [0.2, 0.25) is 5.02 Å². The summed E-state index contributed by atoms with van der Waals surface area (Å²) in [5.41, 5.74) is 3.37. The Morgan fingerprint density at radius 2 is 1.95 bits per heavy atom. The van der Waals surface area contributed by atoms with Crippen LogP contribution in [0.15, 0.2) is 42.5 Å². The molecule has 0 aliphatic carbocycles. The Morgan fingerprint density at radius 3 is 2.68 bits per heavy atom. The largest absolute Gasteiger partial charge is 0.489 e. The lowest BCUT2D eigenvalue weighted by Gasteiger charge is -2.14. The zero-order chi connectivity index (χ0) is 15.9. The number of aliphatic hydroxyl groups is 1. The summed E-state index contributed by atoms with van der Waals surface area (Å²) in [6.45, 7) is 5.49. The average molecular weight is 320 g/mol. The van der Waals surface area contributed by atoms with E-state index in [1.807, 2.05) is 30.3 Å². The molecule has 118 valence electrons. The van der Waals surface area contributed by atoms with Crippen LogP contribution >= 0.6 is 11.6 Å². The van der Waals surface area contributed by atoms with Gasteiger partial charge in [-0.05, 0) is 43.2 Å². The number of hydrogen-bond donors (Lipinski definition) is 2. The molecule has 3 nitrogen and oxygen atoms in total. The topological polar surface area (TPSA) is 41.5 Å². The molecule has 0 aliphatic heterocycles. The van der Waals surface area contributed by atoms with E-state index in [1.54, 1.807) is 6.92 Å². The van der Waals surface area contributed by atoms with Gasteiger partial charge in [-0.1, -0.05) is 35.9 Å². The minimum Gasteiger partial charge on any atom is -0.489 e. The third kappa shape index (κ3) is 5.02. The van der Waals surface area contributed by atoms with Crippen molar-refractivity contribution in [2.75, 3.05) is 6.54 Å². The highest BCUT2D eigenvalue weighted by Gasteiger charge is 2.07. The van der Waals surface area contributed by atoms with E-state index in [0.717, 1.165) is 11.3 Å². The van der Waals surface area contributed by atoms with Gasteiger partial charge in [0.15, 0.2) is 0 Å². The molecule has 2 rings (SSSR count). The highest BCUT2D eigenvalue weighted by Crippen LogP contribution is 2.24. The van der Waals surface area contributed by atoms with Gasteiger partial charge < -0.3 is 15.2 Å². The maximum absolute atomic E-state index is 9.32. The van der Waals surface area contributed by atoms with Crippen molar-refractivity contribution in [3.63, 3.8) is 0 Å². The van der Waals surface area contributed by atoms with E-state index in [2.05, 4.69) is 24.4 Å². The van der Waals surface area contributed by atoms with Gasteiger partial charge in [-0.2, -0.15) is 0 Å². The van der Waals surface area contributed by atoms with E-state index in [4.69, 9.17) is 16.3 Å². The van der Waals surface area contributed by atoms with Crippen LogP contribution in [0.3, 0.4) is 0 Å². The third-order valence-corrected chi connectivity index (χ3v) is 3.66. The van der Waals surface area contributed by atoms with Crippen LogP contribution in [0.5, 0.6) is 5.75 Å². The lowest BCUT2D eigenvalue weighted by molar-refractivity contribution is 0.190. The molecule has 0 unspecified atom stereocenters. The fourth-order valence-electron chi connectivity index (χ4n) is 2.17. The second kappa shape index (κ2) is 8.18. The minimum atomic E-state index is -0.379. The fraction of sp³-hybridized carbons (Fsp3) is 0.333. The highest BCUT2D eigenvalue weighted by molar-refractivity contribution is 6.30. The van der Waals surface area contributed by atoms with Crippen LogP contribution in [0, 0.1) is 6.92 Å². The quantitative estimate of drug-likeness (QED) is 0.817. The van der Waals surface area contributed by atoms with Gasteiger partial charge in [-0.3, -0.25) is 0 Å². The molecule has 0 saturated heterocycles. The SMILES string of the molecule is Cc1ccccc1COc1ccc(Cl)cc1CNC[C@H](C)O. The van der Waals surface area contributed by atoms with Crippen LogP contribution in [0.25, 0.3) is 0 Å². The van der Waals surface area contributed by atoms with Gasteiger partial charge in [-0.25, -0.2) is 0 Å². The van der Waals surface area contributed by atoms with Crippen molar-refractivity contribution in [2.24, 2.45) is 0 Å². The summed E-state index contributed by atoms with van der Waals surface area (Å²) in [6.07, 6.45) is -0.379. The summed E-state index contributed by atoms with van der Waals surface area (Å²) in [6, 6.07) is 13.8. The van der Waals surface area contributed by atoms with E-state index in [0.29, 0.717) is 24.7 Å². The van der Waals surface area contributed by atoms with Crippen LogP contribution in [0.1, 0.15) is 23.6 Å². The van der Waals surface area contributed by atoms with Crippen molar-refractivity contribution in [3.8, 4) is 5.75 Å². The summed E-state index contributed by atoms with van der Waals surface area (Å²) in [5, 5.41) is 13.2. The Hall–Kier alpha value is -1.55. The monoisotopic (exact) mass is 319 g/mol. The van der Waals surface area contributed by atoms with Crippen molar-refractivity contribution in [2.45, 2.75) is 33.1 Å². The number of halogens is 1. The zero-order valence-corrected chi connectivity index (χ0v) is 13.7. The Bertz CT molecular complexity index is 614. The molecule has 4 heteroatoms. The van der Waals surface area contributed by atoms with Gasteiger partial charge >= 0.3 is 0 Å². The predicted molar refractivity (Wildman–Crippen MR) is 90.4 cm³/mol. The van der Waals surface area contributed by atoms with E-state index in [1.165, 1.54) is 11.1 Å². The van der Waals surface area contributed by atoms with Crippen LogP contribution in [-0.4, -0.2) is 17.8 Å². The van der Waals surface area contributed by atoms with Gasteiger partial charge in [0.25, 0.3) is 0 Å². The first-order valence-corrected chi connectivity index (χ1v) is 7.78. The first-order chi connectivity index (χ1) is 10.6. The minimum absolute atomic E-state index is 0.379. The average Bonchev–Trinajstić information content (AvgIpc) is 2.47. The molecule has 0 spiro atoms. The number of hydrogen-bond acceptors (Lipinski definition) is 3. The normalized spacial score (nSPS) is 12.2. The first kappa shape index (κ1) is 16.8. The second-order valence-corrected chi connectivity index (χ2v) is 5.88. The molecule has 2 aromatic rings. The molecule has 0 amide bonds. The number of nitrogens with one attached hydrogen (secondary N) is 1. The number of rotatable bonds is 7. The molecule has 0 aliphatic rings. The fourth-order valence-corrected chi connectivity index (χ4v) is 2.36. The van der Waals surface area contributed by atoms with E-state index < -0.39 is 0 Å². The molecule has 2 aromatic carbocycles. The molecular weight excluding hydrogens is 298 g/mol. The standard InChI is InChI=1S/C18H22ClNO2/c1-13-5-3-4-6-15(13)12-22-18-8-7-17(19)9-16(18)11-20-10-14(2)21/h3-9,14,20-21H,10-12H2,1-2H3/t14-/m0/s1. The van der Waals surface area contributed by atoms with E-state index >= 15 is 0 Å².